The van der Waals surface area contributed by atoms with Gasteiger partial charge in [-0.3, -0.25) is 0 Å². The molecule has 0 amide bonds. The maximum Gasteiger partial charge on any atom is 0.294 e. The maximum atomic E-state index is 5.39. The van der Waals surface area contributed by atoms with Gasteiger partial charge in [-0.25, -0.2) is 0 Å². The van der Waals surface area contributed by atoms with Gasteiger partial charge < -0.3 is 14.8 Å². The van der Waals surface area contributed by atoms with Crippen molar-refractivity contribution in [3.8, 4) is 5.19 Å². The van der Waals surface area contributed by atoms with Gasteiger partial charge in [0.15, 0.2) is 0 Å². The number of nitrogens with zero attached hydrogens (tertiary/aromatic N) is 2. The van der Waals surface area contributed by atoms with E-state index in [2.05, 4.69) is 22.4 Å². The first kappa shape index (κ1) is 13.3. The number of nitrogens with one attached hydrogen (secondary N) is 1. The molecule has 0 aliphatic heterocycles. The average Bonchev–Trinajstić information content (AvgIpc) is 2.73. The van der Waals surface area contributed by atoms with Crippen LogP contribution in [-0.2, 0) is 11.3 Å². The topological polar surface area (TPSA) is 56.3 Å². The van der Waals surface area contributed by atoms with Crippen LogP contribution in [0.4, 0.5) is 0 Å². The van der Waals surface area contributed by atoms with Gasteiger partial charge in [0.1, 0.15) is 11.6 Å². The highest BCUT2D eigenvalue weighted by molar-refractivity contribution is 7.13. The molecule has 0 radical (unpaired) electrons. The zero-order valence-electron chi connectivity index (χ0n) is 9.86. The summed E-state index contributed by atoms with van der Waals surface area (Å²) in [4.78, 5) is 0. The molecular weight excluding hydrogens is 226 g/mol. The third-order valence-corrected chi connectivity index (χ3v) is 2.64. The first-order valence-electron chi connectivity index (χ1n) is 5.60. The third-order valence-electron chi connectivity index (χ3n) is 1.81. The van der Waals surface area contributed by atoms with Gasteiger partial charge in [-0.1, -0.05) is 18.3 Å². The maximum absolute atomic E-state index is 5.39. The molecule has 16 heavy (non-hydrogen) atoms. The molecule has 1 N–H and O–H groups in total. The Morgan fingerprint density at radius 3 is 2.88 bits per heavy atom. The number of hydrogen-bond donors (Lipinski definition) is 1. The van der Waals surface area contributed by atoms with Crippen molar-refractivity contribution in [2.45, 2.75) is 26.8 Å². The van der Waals surface area contributed by atoms with Crippen LogP contribution in [0.5, 0.6) is 5.19 Å². The predicted molar refractivity (Wildman–Crippen MR) is 63.9 cm³/mol. The van der Waals surface area contributed by atoms with Crippen molar-refractivity contribution in [2.24, 2.45) is 0 Å². The van der Waals surface area contributed by atoms with Gasteiger partial charge in [-0.15, -0.1) is 10.2 Å². The molecule has 0 bridgehead atoms. The SMILES string of the molecule is CCCNCc1nnc(OCCOCC)s1. The van der Waals surface area contributed by atoms with Gasteiger partial charge in [0.25, 0.3) is 5.19 Å². The van der Waals surface area contributed by atoms with Crippen LogP contribution in [0, 0.1) is 0 Å². The Kier molecular flexibility index (Phi) is 7.03. The summed E-state index contributed by atoms with van der Waals surface area (Å²) in [6.07, 6.45) is 1.12. The molecule has 0 saturated heterocycles. The fraction of sp³-hybridized carbons (Fsp3) is 0.800. The highest BCUT2D eigenvalue weighted by Gasteiger charge is 2.04. The second kappa shape index (κ2) is 8.43. The van der Waals surface area contributed by atoms with E-state index in [0.717, 1.165) is 24.5 Å². The molecule has 0 aromatic carbocycles. The van der Waals surface area contributed by atoms with E-state index in [-0.39, 0.29) is 0 Å². The largest absolute Gasteiger partial charge is 0.466 e. The van der Waals surface area contributed by atoms with E-state index in [0.29, 0.717) is 25.0 Å². The first-order chi connectivity index (χ1) is 7.86. The Morgan fingerprint density at radius 2 is 2.12 bits per heavy atom. The molecule has 0 atom stereocenters. The van der Waals surface area contributed by atoms with Crippen LogP contribution in [0.15, 0.2) is 0 Å². The highest BCUT2D eigenvalue weighted by Crippen LogP contribution is 2.17. The van der Waals surface area contributed by atoms with Crippen LogP contribution >= 0.6 is 11.3 Å². The van der Waals surface area contributed by atoms with E-state index < -0.39 is 0 Å². The Morgan fingerprint density at radius 1 is 1.25 bits per heavy atom. The van der Waals surface area contributed by atoms with E-state index in [4.69, 9.17) is 9.47 Å². The lowest BCUT2D eigenvalue weighted by Crippen LogP contribution is -2.13. The van der Waals surface area contributed by atoms with Crippen molar-refractivity contribution in [3.63, 3.8) is 0 Å². The van der Waals surface area contributed by atoms with E-state index >= 15 is 0 Å². The van der Waals surface area contributed by atoms with Crippen molar-refractivity contribution in [1.29, 1.82) is 0 Å². The predicted octanol–water partition coefficient (Wildman–Crippen LogP) is 1.45. The summed E-state index contributed by atoms with van der Waals surface area (Å²) in [6.45, 7) is 7.70. The summed E-state index contributed by atoms with van der Waals surface area (Å²) in [7, 11) is 0. The molecule has 0 spiro atoms. The smallest absolute Gasteiger partial charge is 0.294 e. The van der Waals surface area contributed by atoms with Gasteiger partial charge in [0, 0.05) is 13.2 Å². The van der Waals surface area contributed by atoms with Gasteiger partial charge in [0.05, 0.1) is 6.61 Å². The lowest BCUT2D eigenvalue weighted by atomic mass is 10.5. The van der Waals surface area contributed by atoms with Crippen molar-refractivity contribution in [1.82, 2.24) is 15.5 Å². The highest BCUT2D eigenvalue weighted by atomic mass is 32.1. The Balaban J connectivity index is 2.17. The molecule has 5 nitrogen and oxygen atoms in total. The second-order valence-electron chi connectivity index (χ2n) is 3.18. The molecular formula is C10H19N3O2S. The standard InChI is InChI=1S/C10H19N3O2S/c1-3-5-11-8-9-12-13-10(16-9)15-7-6-14-4-2/h11H,3-8H2,1-2H3. The van der Waals surface area contributed by atoms with Crippen LogP contribution < -0.4 is 10.1 Å². The van der Waals surface area contributed by atoms with Crippen molar-refractivity contribution in [2.75, 3.05) is 26.4 Å². The van der Waals surface area contributed by atoms with Gasteiger partial charge >= 0.3 is 0 Å². The van der Waals surface area contributed by atoms with Crippen LogP contribution in [0.25, 0.3) is 0 Å². The first-order valence-corrected chi connectivity index (χ1v) is 6.42. The summed E-state index contributed by atoms with van der Waals surface area (Å²) in [5.41, 5.74) is 0. The summed E-state index contributed by atoms with van der Waals surface area (Å²) in [6, 6.07) is 0. The molecule has 0 unspecified atom stereocenters. The molecule has 92 valence electrons. The van der Waals surface area contributed by atoms with Crippen molar-refractivity contribution in [3.05, 3.63) is 5.01 Å². The quantitative estimate of drug-likeness (QED) is 0.667. The van der Waals surface area contributed by atoms with E-state index in [1.165, 1.54) is 11.3 Å². The second-order valence-corrected chi connectivity index (χ2v) is 4.21. The molecule has 1 aromatic rings. The zero-order valence-corrected chi connectivity index (χ0v) is 10.7. The van der Waals surface area contributed by atoms with Crippen molar-refractivity contribution < 1.29 is 9.47 Å². The lowest BCUT2D eigenvalue weighted by molar-refractivity contribution is 0.110. The number of hydrogen-bond acceptors (Lipinski definition) is 6. The summed E-state index contributed by atoms with van der Waals surface area (Å²) in [5.74, 6) is 0. The molecule has 1 heterocycles. The Hall–Kier alpha value is -0.720. The van der Waals surface area contributed by atoms with E-state index in [1.807, 2.05) is 6.92 Å². The molecule has 0 aliphatic rings. The minimum Gasteiger partial charge on any atom is -0.466 e. The minimum absolute atomic E-state index is 0.533. The zero-order chi connectivity index (χ0) is 11.6. The van der Waals surface area contributed by atoms with Crippen molar-refractivity contribution >= 4 is 11.3 Å². The molecule has 1 rings (SSSR count). The average molecular weight is 245 g/mol. The number of ether oxygens (including phenoxy) is 2. The normalized spacial score (nSPS) is 10.6. The van der Waals surface area contributed by atoms with E-state index in [1.54, 1.807) is 0 Å². The fourth-order valence-corrected chi connectivity index (χ4v) is 1.75. The molecule has 0 aliphatic carbocycles. The summed E-state index contributed by atoms with van der Waals surface area (Å²) < 4.78 is 10.5. The summed E-state index contributed by atoms with van der Waals surface area (Å²) >= 11 is 1.48. The molecule has 1 aromatic heterocycles. The molecule has 0 saturated carbocycles. The fourth-order valence-electron chi connectivity index (χ4n) is 1.07. The molecule has 0 fully saturated rings. The van der Waals surface area contributed by atoms with Gasteiger partial charge in [-0.05, 0) is 19.9 Å². The Labute approximate surface area is 100 Å². The number of aromatic nitrogens is 2. The van der Waals surface area contributed by atoms with Crippen LogP contribution in [-0.4, -0.2) is 36.6 Å². The summed E-state index contributed by atoms with van der Waals surface area (Å²) in [5, 5.41) is 12.8. The third kappa shape index (κ3) is 5.39. The van der Waals surface area contributed by atoms with Crippen LogP contribution in [0.1, 0.15) is 25.3 Å². The van der Waals surface area contributed by atoms with Crippen LogP contribution in [0.2, 0.25) is 0 Å². The van der Waals surface area contributed by atoms with Gasteiger partial charge in [0.2, 0.25) is 0 Å². The lowest BCUT2D eigenvalue weighted by Gasteiger charge is -2.00. The molecule has 6 heteroatoms. The monoisotopic (exact) mass is 245 g/mol. The van der Waals surface area contributed by atoms with E-state index in [9.17, 15) is 0 Å². The Bertz CT molecular complexity index is 281. The van der Waals surface area contributed by atoms with Gasteiger partial charge in [-0.2, -0.15) is 0 Å². The number of rotatable bonds is 9. The minimum atomic E-state index is 0.533. The van der Waals surface area contributed by atoms with Crippen LogP contribution in [0.3, 0.4) is 0 Å².